The summed E-state index contributed by atoms with van der Waals surface area (Å²) in [5.74, 6) is 0.0661. The molecule has 2 N–H and O–H groups in total. The van der Waals surface area contributed by atoms with Gasteiger partial charge in [-0.25, -0.2) is 9.78 Å². The lowest BCUT2D eigenvalue weighted by Gasteiger charge is -2.36. The highest BCUT2D eigenvalue weighted by Gasteiger charge is 2.55. The van der Waals surface area contributed by atoms with E-state index in [-0.39, 0.29) is 18.4 Å². The number of nitrogens with one attached hydrogen (secondary N) is 2. The van der Waals surface area contributed by atoms with Crippen LogP contribution in [0.1, 0.15) is 37.5 Å². The van der Waals surface area contributed by atoms with Gasteiger partial charge in [0, 0.05) is 10.4 Å². The van der Waals surface area contributed by atoms with Crippen LogP contribution < -0.4 is 15.4 Å². The summed E-state index contributed by atoms with van der Waals surface area (Å²) in [6.45, 7) is 3.59. The number of aromatic nitrogens is 1. The first-order chi connectivity index (χ1) is 14.8. The molecular formula is C22H26N4O4S. The monoisotopic (exact) mass is 442 g/mol. The summed E-state index contributed by atoms with van der Waals surface area (Å²) in [6.07, 6.45) is 3.45. The normalized spacial score (nSPS) is 23.2. The molecular weight excluding hydrogens is 416 g/mol. The van der Waals surface area contributed by atoms with E-state index in [1.54, 1.807) is 7.11 Å². The van der Waals surface area contributed by atoms with E-state index in [2.05, 4.69) is 15.6 Å². The maximum absolute atomic E-state index is 13.0. The molecule has 8 nitrogen and oxygen atoms in total. The number of anilines is 1. The summed E-state index contributed by atoms with van der Waals surface area (Å²) in [4.78, 5) is 44.6. The minimum atomic E-state index is -0.866. The number of amides is 4. The lowest BCUT2D eigenvalue weighted by molar-refractivity contribution is -0.136. The molecule has 2 aromatic rings. The van der Waals surface area contributed by atoms with Gasteiger partial charge in [0.1, 0.15) is 17.8 Å². The second-order valence-electron chi connectivity index (χ2n) is 8.14. The fourth-order valence-corrected chi connectivity index (χ4v) is 5.26. The molecule has 2 heterocycles. The van der Waals surface area contributed by atoms with Gasteiger partial charge in [0.25, 0.3) is 5.91 Å². The average molecular weight is 443 g/mol. The van der Waals surface area contributed by atoms with E-state index in [1.165, 1.54) is 11.3 Å². The number of urea groups is 1. The summed E-state index contributed by atoms with van der Waals surface area (Å²) in [7, 11) is 1.61. The Bertz CT molecular complexity index is 1020. The van der Waals surface area contributed by atoms with Crippen molar-refractivity contribution in [3.05, 3.63) is 29.1 Å². The Balaban J connectivity index is 1.44. The Morgan fingerprint density at radius 2 is 2.06 bits per heavy atom. The maximum atomic E-state index is 13.0. The lowest BCUT2D eigenvalue weighted by Crippen LogP contribution is -2.54. The van der Waals surface area contributed by atoms with Crippen LogP contribution in [-0.4, -0.2) is 46.9 Å². The quantitative estimate of drug-likeness (QED) is 0.690. The third-order valence-corrected chi connectivity index (χ3v) is 7.10. The van der Waals surface area contributed by atoms with Crippen molar-refractivity contribution < 1.29 is 19.1 Å². The molecule has 1 spiro atoms. The molecule has 1 saturated heterocycles. The van der Waals surface area contributed by atoms with Crippen LogP contribution in [0.4, 0.5) is 9.93 Å². The Kier molecular flexibility index (Phi) is 5.70. The van der Waals surface area contributed by atoms with E-state index in [4.69, 9.17) is 4.74 Å². The van der Waals surface area contributed by atoms with E-state index >= 15 is 0 Å². The van der Waals surface area contributed by atoms with Crippen molar-refractivity contribution in [1.82, 2.24) is 15.2 Å². The zero-order chi connectivity index (χ0) is 22.2. The SMILES string of the molecule is COc1ccc(-c2nc(NC(=O)CN3C(=O)N[C@@]4(CCCC[C@@H]4C)C3=O)sc2C)cc1. The zero-order valence-corrected chi connectivity index (χ0v) is 18.7. The molecule has 1 aromatic heterocycles. The van der Waals surface area contributed by atoms with Gasteiger partial charge >= 0.3 is 6.03 Å². The molecule has 1 aliphatic heterocycles. The van der Waals surface area contributed by atoms with Crippen LogP contribution in [0.15, 0.2) is 24.3 Å². The minimum absolute atomic E-state index is 0.0550. The number of ether oxygens (including phenoxy) is 1. The van der Waals surface area contributed by atoms with Crippen LogP contribution in [-0.2, 0) is 9.59 Å². The van der Waals surface area contributed by atoms with Crippen LogP contribution in [0.3, 0.4) is 0 Å². The summed E-state index contributed by atoms with van der Waals surface area (Å²) in [5, 5.41) is 6.03. The molecule has 1 saturated carbocycles. The molecule has 164 valence electrons. The van der Waals surface area contributed by atoms with E-state index in [0.29, 0.717) is 11.6 Å². The lowest BCUT2D eigenvalue weighted by atomic mass is 9.73. The first kappa shape index (κ1) is 21.3. The predicted molar refractivity (Wildman–Crippen MR) is 118 cm³/mol. The molecule has 0 bridgehead atoms. The largest absolute Gasteiger partial charge is 0.497 e. The van der Waals surface area contributed by atoms with Gasteiger partial charge in [0.15, 0.2) is 5.13 Å². The smallest absolute Gasteiger partial charge is 0.325 e. The Morgan fingerprint density at radius 3 is 2.74 bits per heavy atom. The molecule has 1 aliphatic carbocycles. The van der Waals surface area contributed by atoms with E-state index in [9.17, 15) is 14.4 Å². The van der Waals surface area contributed by atoms with Gasteiger partial charge < -0.3 is 15.4 Å². The van der Waals surface area contributed by atoms with Gasteiger partial charge in [-0.3, -0.25) is 14.5 Å². The maximum Gasteiger partial charge on any atom is 0.325 e. The van der Waals surface area contributed by atoms with Gasteiger partial charge in [-0.05, 0) is 49.9 Å². The molecule has 2 fully saturated rings. The highest BCUT2D eigenvalue weighted by molar-refractivity contribution is 7.16. The van der Waals surface area contributed by atoms with Gasteiger partial charge in [0.05, 0.1) is 12.8 Å². The van der Waals surface area contributed by atoms with Crippen molar-refractivity contribution in [1.29, 1.82) is 0 Å². The number of carbonyl (C=O) groups excluding carboxylic acids is 3. The van der Waals surface area contributed by atoms with Crippen molar-refractivity contribution in [2.45, 2.75) is 45.1 Å². The zero-order valence-electron chi connectivity index (χ0n) is 17.9. The second-order valence-corrected chi connectivity index (χ2v) is 9.34. The summed E-state index contributed by atoms with van der Waals surface area (Å²) in [5.41, 5.74) is 0.819. The molecule has 0 radical (unpaired) electrons. The number of nitrogens with zero attached hydrogens (tertiary/aromatic N) is 2. The molecule has 9 heteroatoms. The molecule has 2 aliphatic rings. The van der Waals surface area contributed by atoms with Crippen LogP contribution >= 0.6 is 11.3 Å². The van der Waals surface area contributed by atoms with Crippen molar-refractivity contribution in [3.8, 4) is 17.0 Å². The first-order valence-corrected chi connectivity index (χ1v) is 11.2. The number of aryl methyl sites for hydroxylation is 1. The number of thiazole rings is 1. The van der Waals surface area contributed by atoms with Gasteiger partial charge in [-0.15, -0.1) is 11.3 Å². The van der Waals surface area contributed by atoms with Crippen LogP contribution in [0.5, 0.6) is 5.75 Å². The van der Waals surface area contributed by atoms with Crippen molar-refractivity contribution in [2.75, 3.05) is 19.0 Å². The summed E-state index contributed by atoms with van der Waals surface area (Å²) < 4.78 is 5.18. The molecule has 4 rings (SSSR count). The third-order valence-electron chi connectivity index (χ3n) is 6.21. The minimum Gasteiger partial charge on any atom is -0.497 e. The average Bonchev–Trinajstić information content (AvgIpc) is 3.23. The highest BCUT2D eigenvalue weighted by atomic mass is 32.1. The van der Waals surface area contributed by atoms with Crippen LogP contribution in [0.25, 0.3) is 11.3 Å². The first-order valence-electron chi connectivity index (χ1n) is 10.4. The highest BCUT2D eigenvalue weighted by Crippen LogP contribution is 2.38. The number of hydrogen-bond donors (Lipinski definition) is 2. The number of imide groups is 1. The number of hydrogen-bond acceptors (Lipinski definition) is 6. The van der Waals surface area contributed by atoms with Crippen molar-refractivity contribution in [2.24, 2.45) is 5.92 Å². The van der Waals surface area contributed by atoms with E-state index in [0.717, 1.165) is 46.0 Å². The summed E-state index contributed by atoms with van der Waals surface area (Å²) in [6, 6.07) is 7.02. The van der Waals surface area contributed by atoms with Crippen LogP contribution in [0, 0.1) is 12.8 Å². The number of methoxy groups -OCH3 is 1. The van der Waals surface area contributed by atoms with Gasteiger partial charge in [0.2, 0.25) is 5.91 Å². The Labute approximate surface area is 185 Å². The molecule has 2 atom stereocenters. The molecule has 4 amide bonds. The number of carbonyl (C=O) groups is 3. The summed E-state index contributed by atoms with van der Waals surface area (Å²) >= 11 is 1.35. The van der Waals surface area contributed by atoms with Crippen LogP contribution in [0.2, 0.25) is 0 Å². The number of rotatable bonds is 5. The standard InChI is InChI=1S/C22H26N4O4S/c1-13-6-4-5-11-22(13)19(28)26(21(29)25-22)12-17(27)23-20-24-18(14(2)31-20)15-7-9-16(30-3)10-8-15/h7-10,13H,4-6,11-12H2,1-3H3,(H,25,29)(H,23,24,27)/t13-,22+/m0/s1. The molecule has 31 heavy (non-hydrogen) atoms. The second kappa shape index (κ2) is 8.30. The van der Waals surface area contributed by atoms with E-state index < -0.39 is 17.5 Å². The predicted octanol–water partition coefficient (Wildman–Crippen LogP) is 3.57. The fourth-order valence-electron chi connectivity index (χ4n) is 4.41. The third kappa shape index (κ3) is 3.89. The van der Waals surface area contributed by atoms with Crippen molar-refractivity contribution >= 4 is 34.3 Å². The molecule has 0 unspecified atom stereocenters. The number of benzene rings is 1. The Morgan fingerprint density at radius 1 is 1.32 bits per heavy atom. The topological polar surface area (TPSA) is 101 Å². The fraction of sp³-hybridized carbons (Fsp3) is 0.455. The van der Waals surface area contributed by atoms with Gasteiger partial charge in [-0.1, -0.05) is 19.8 Å². The Hall–Kier alpha value is -2.94. The van der Waals surface area contributed by atoms with Crippen molar-refractivity contribution in [3.63, 3.8) is 0 Å². The van der Waals surface area contributed by atoms with Gasteiger partial charge in [-0.2, -0.15) is 0 Å². The molecule has 1 aromatic carbocycles. The van der Waals surface area contributed by atoms with E-state index in [1.807, 2.05) is 38.1 Å².